The lowest BCUT2D eigenvalue weighted by Gasteiger charge is -2.19. The Morgan fingerprint density at radius 1 is 1.17 bits per heavy atom. The van der Waals surface area contributed by atoms with Crippen LogP contribution >= 0.6 is 0 Å². The zero-order valence-corrected chi connectivity index (χ0v) is 17.3. The van der Waals surface area contributed by atoms with Gasteiger partial charge in [-0.3, -0.25) is 0 Å². The van der Waals surface area contributed by atoms with Crippen LogP contribution in [0.2, 0.25) is 0 Å². The van der Waals surface area contributed by atoms with Gasteiger partial charge < -0.3 is 20.1 Å². The predicted octanol–water partition coefficient (Wildman–Crippen LogP) is 3.17. The maximum atomic E-state index is 6.07. The molecule has 8 nitrogen and oxygen atoms in total. The van der Waals surface area contributed by atoms with Crippen LogP contribution in [0.3, 0.4) is 0 Å². The van der Waals surface area contributed by atoms with Gasteiger partial charge in [0.15, 0.2) is 5.65 Å². The molecule has 2 aromatic heterocycles. The summed E-state index contributed by atoms with van der Waals surface area (Å²) in [7, 11) is 1.68. The van der Waals surface area contributed by atoms with Crippen molar-refractivity contribution in [3.63, 3.8) is 0 Å². The van der Waals surface area contributed by atoms with Gasteiger partial charge in [0.2, 0.25) is 5.95 Å². The van der Waals surface area contributed by atoms with Crippen molar-refractivity contribution in [2.75, 3.05) is 25.5 Å². The first-order chi connectivity index (χ1) is 14.1. The largest absolute Gasteiger partial charge is 0.496 e. The summed E-state index contributed by atoms with van der Waals surface area (Å²) in [6.07, 6.45) is 2.89. The summed E-state index contributed by atoms with van der Waals surface area (Å²) in [5.41, 5.74) is 2.88. The third kappa shape index (κ3) is 3.98. The Morgan fingerprint density at radius 3 is 2.72 bits per heavy atom. The Bertz CT molecular complexity index is 980. The van der Waals surface area contributed by atoms with E-state index in [0.717, 1.165) is 42.0 Å². The summed E-state index contributed by atoms with van der Waals surface area (Å²) in [6, 6.07) is 8.29. The number of hydrogen-bond acceptors (Lipinski definition) is 7. The zero-order chi connectivity index (χ0) is 20.4. The van der Waals surface area contributed by atoms with E-state index in [1.165, 1.54) is 0 Å². The van der Waals surface area contributed by atoms with E-state index < -0.39 is 0 Å². The third-order valence-corrected chi connectivity index (χ3v) is 5.24. The summed E-state index contributed by atoms with van der Waals surface area (Å²) in [6.45, 7) is 8.09. The Hall–Kier alpha value is -2.87. The summed E-state index contributed by atoms with van der Waals surface area (Å²) in [4.78, 5) is 9.31. The number of benzene rings is 1. The quantitative estimate of drug-likeness (QED) is 0.634. The van der Waals surface area contributed by atoms with Crippen LogP contribution in [0.25, 0.3) is 5.65 Å². The molecule has 0 amide bonds. The van der Waals surface area contributed by atoms with Crippen LogP contribution in [0.5, 0.6) is 11.8 Å². The van der Waals surface area contributed by atoms with Gasteiger partial charge >= 0.3 is 6.01 Å². The highest BCUT2D eigenvalue weighted by molar-refractivity contribution is 5.53. The first-order valence-electron chi connectivity index (χ1n) is 10.1. The number of nitrogens with zero attached hydrogens (tertiary/aromatic N) is 4. The minimum atomic E-state index is -0.0445. The number of fused-ring (bicyclic) bond motifs is 1. The van der Waals surface area contributed by atoms with Crippen LogP contribution in [0.4, 0.5) is 5.95 Å². The number of aromatic nitrogens is 4. The molecule has 3 heterocycles. The van der Waals surface area contributed by atoms with E-state index in [1.807, 2.05) is 30.5 Å². The van der Waals surface area contributed by atoms with E-state index in [2.05, 4.69) is 46.5 Å². The molecule has 2 N–H and O–H groups in total. The van der Waals surface area contributed by atoms with Gasteiger partial charge in [-0.05, 0) is 31.9 Å². The number of methoxy groups -OCH3 is 1. The Morgan fingerprint density at radius 2 is 2.00 bits per heavy atom. The van der Waals surface area contributed by atoms with Crippen molar-refractivity contribution in [1.29, 1.82) is 0 Å². The third-order valence-electron chi connectivity index (χ3n) is 5.24. The van der Waals surface area contributed by atoms with Gasteiger partial charge in [0.25, 0.3) is 0 Å². The minimum Gasteiger partial charge on any atom is -0.496 e. The monoisotopic (exact) mass is 396 g/mol. The van der Waals surface area contributed by atoms with E-state index in [9.17, 15) is 0 Å². The van der Waals surface area contributed by atoms with Gasteiger partial charge in [-0.25, -0.2) is 0 Å². The molecule has 2 atom stereocenters. The van der Waals surface area contributed by atoms with E-state index in [0.29, 0.717) is 17.9 Å². The summed E-state index contributed by atoms with van der Waals surface area (Å²) in [5, 5.41) is 11.3. The van der Waals surface area contributed by atoms with Crippen molar-refractivity contribution in [1.82, 2.24) is 24.9 Å². The predicted molar refractivity (Wildman–Crippen MR) is 112 cm³/mol. The maximum Gasteiger partial charge on any atom is 0.322 e. The van der Waals surface area contributed by atoms with Crippen LogP contribution < -0.4 is 20.1 Å². The Balaban J connectivity index is 1.71. The van der Waals surface area contributed by atoms with E-state index in [-0.39, 0.29) is 12.1 Å². The normalized spacial score (nSPS) is 17.6. The van der Waals surface area contributed by atoms with Crippen molar-refractivity contribution in [3.8, 4) is 11.8 Å². The topological polar surface area (TPSA) is 85.6 Å². The fourth-order valence-corrected chi connectivity index (χ4v) is 3.60. The fourth-order valence-electron chi connectivity index (χ4n) is 3.60. The molecule has 0 spiro atoms. The molecule has 1 aliphatic rings. The van der Waals surface area contributed by atoms with Crippen molar-refractivity contribution in [3.05, 3.63) is 41.6 Å². The molecule has 1 saturated heterocycles. The highest BCUT2D eigenvalue weighted by Gasteiger charge is 2.22. The molecule has 1 fully saturated rings. The first kappa shape index (κ1) is 19.4. The molecule has 4 rings (SSSR count). The molecule has 29 heavy (non-hydrogen) atoms. The van der Waals surface area contributed by atoms with E-state index >= 15 is 0 Å². The average Bonchev–Trinajstić information content (AvgIpc) is 3.37. The number of para-hydroxylation sites is 1. The van der Waals surface area contributed by atoms with Crippen molar-refractivity contribution in [2.24, 2.45) is 0 Å². The molecule has 1 aliphatic heterocycles. The lowest BCUT2D eigenvalue weighted by atomic mass is 10.1. The molecular weight excluding hydrogens is 368 g/mol. The molecule has 2 unspecified atom stereocenters. The zero-order valence-electron chi connectivity index (χ0n) is 17.3. The SMILES string of the molecule is COc1ccccc1C(C)Nc1nc(OC2CCNC2)nc2c(C(C)C)cnn12. The lowest BCUT2D eigenvalue weighted by Crippen LogP contribution is -2.22. The molecule has 154 valence electrons. The van der Waals surface area contributed by atoms with Crippen LogP contribution in [0.1, 0.15) is 50.3 Å². The molecule has 1 aromatic carbocycles. The number of ether oxygens (including phenoxy) is 2. The second kappa shape index (κ2) is 8.24. The van der Waals surface area contributed by atoms with Crippen molar-refractivity contribution in [2.45, 2.75) is 45.3 Å². The Labute approximate surface area is 170 Å². The summed E-state index contributed by atoms with van der Waals surface area (Å²) < 4.78 is 13.3. The van der Waals surface area contributed by atoms with Crippen molar-refractivity contribution >= 4 is 11.6 Å². The van der Waals surface area contributed by atoms with Gasteiger partial charge in [-0.1, -0.05) is 32.0 Å². The minimum absolute atomic E-state index is 0.0445. The fraction of sp³-hybridized carbons (Fsp3) is 0.476. The number of anilines is 1. The van der Waals surface area contributed by atoms with Crippen molar-refractivity contribution < 1.29 is 9.47 Å². The van der Waals surface area contributed by atoms with E-state index in [1.54, 1.807) is 11.6 Å². The van der Waals surface area contributed by atoms with Gasteiger partial charge in [-0.15, -0.1) is 0 Å². The lowest BCUT2D eigenvalue weighted by molar-refractivity contribution is 0.204. The maximum absolute atomic E-state index is 6.07. The van der Waals surface area contributed by atoms with Crippen LogP contribution in [0, 0.1) is 0 Å². The summed E-state index contributed by atoms with van der Waals surface area (Å²) >= 11 is 0. The molecule has 0 aliphatic carbocycles. The smallest absolute Gasteiger partial charge is 0.322 e. The molecule has 8 heteroatoms. The Kier molecular flexibility index (Phi) is 5.53. The second-order valence-corrected chi connectivity index (χ2v) is 7.66. The van der Waals surface area contributed by atoms with Gasteiger partial charge in [-0.2, -0.15) is 19.6 Å². The number of rotatable bonds is 7. The van der Waals surface area contributed by atoms with Gasteiger partial charge in [0, 0.05) is 17.7 Å². The highest BCUT2D eigenvalue weighted by Crippen LogP contribution is 2.29. The summed E-state index contributed by atoms with van der Waals surface area (Å²) in [5.74, 6) is 1.72. The molecule has 0 radical (unpaired) electrons. The number of hydrogen-bond donors (Lipinski definition) is 2. The van der Waals surface area contributed by atoms with Crippen LogP contribution in [-0.4, -0.2) is 45.9 Å². The molecule has 3 aromatic rings. The van der Waals surface area contributed by atoms with Gasteiger partial charge in [0.05, 0.1) is 19.3 Å². The number of nitrogens with one attached hydrogen (secondary N) is 2. The molecular formula is C21H28N6O2. The molecule has 0 saturated carbocycles. The van der Waals surface area contributed by atoms with Gasteiger partial charge in [0.1, 0.15) is 11.9 Å². The molecule has 0 bridgehead atoms. The average molecular weight is 396 g/mol. The second-order valence-electron chi connectivity index (χ2n) is 7.66. The highest BCUT2D eigenvalue weighted by atomic mass is 16.5. The van der Waals surface area contributed by atoms with Crippen LogP contribution in [0.15, 0.2) is 30.5 Å². The standard InChI is InChI=1S/C21H28N6O2/c1-13(2)17-12-23-27-19(17)25-21(29-15-9-10-22-11-15)26-20(27)24-14(3)16-7-5-6-8-18(16)28-4/h5-8,12-15,22H,9-11H2,1-4H3,(H,24,25,26). The van der Waals surface area contributed by atoms with Crippen LogP contribution in [-0.2, 0) is 0 Å². The first-order valence-corrected chi connectivity index (χ1v) is 10.1. The van der Waals surface area contributed by atoms with E-state index in [4.69, 9.17) is 9.47 Å².